The second-order valence-electron chi connectivity index (χ2n) is 7.23. The van der Waals surface area contributed by atoms with Crippen molar-refractivity contribution in [1.29, 1.82) is 0 Å². The quantitative estimate of drug-likeness (QED) is 0.789. The zero-order valence-corrected chi connectivity index (χ0v) is 16.9. The number of rotatable bonds is 7. The first kappa shape index (κ1) is 20.0. The van der Waals surface area contributed by atoms with Crippen LogP contribution in [0.25, 0.3) is 0 Å². The van der Waals surface area contributed by atoms with Crippen molar-refractivity contribution in [2.24, 2.45) is 0 Å². The molecule has 1 aliphatic heterocycles. The molecule has 1 N–H and O–H groups in total. The summed E-state index contributed by atoms with van der Waals surface area (Å²) >= 11 is 0. The molecule has 150 valence electrons. The van der Waals surface area contributed by atoms with Crippen molar-refractivity contribution in [2.75, 3.05) is 39.8 Å². The summed E-state index contributed by atoms with van der Waals surface area (Å²) in [6, 6.07) is 13.3. The standard InChI is InChI=1S/C22H28N2O4/c1-23(2)16-9-7-15(8-10-16)21(24-13-5-6-19(24)22(25)26)18-12-11-17(27-3)14-20(18)28-4/h7-12,14,19,21H,5-6,13H2,1-4H3,(H,25,26). The predicted octanol–water partition coefficient (Wildman–Crippen LogP) is 3.41. The third-order valence-electron chi connectivity index (χ3n) is 5.37. The number of hydrogen-bond donors (Lipinski definition) is 1. The zero-order valence-electron chi connectivity index (χ0n) is 16.9. The van der Waals surface area contributed by atoms with Crippen LogP contribution < -0.4 is 14.4 Å². The van der Waals surface area contributed by atoms with Crippen molar-refractivity contribution < 1.29 is 19.4 Å². The second-order valence-corrected chi connectivity index (χ2v) is 7.23. The van der Waals surface area contributed by atoms with E-state index in [2.05, 4.69) is 29.2 Å². The fourth-order valence-electron chi connectivity index (χ4n) is 3.91. The van der Waals surface area contributed by atoms with Crippen LogP contribution in [0.5, 0.6) is 11.5 Å². The maximum Gasteiger partial charge on any atom is 0.320 e. The van der Waals surface area contributed by atoms with Crippen LogP contribution in [0.3, 0.4) is 0 Å². The Morgan fingerprint density at radius 3 is 2.43 bits per heavy atom. The Labute approximate surface area is 166 Å². The van der Waals surface area contributed by atoms with Gasteiger partial charge in [0.2, 0.25) is 0 Å². The predicted molar refractivity (Wildman–Crippen MR) is 110 cm³/mol. The number of methoxy groups -OCH3 is 2. The number of ether oxygens (including phenoxy) is 2. The van der Waals surface area contributed by atoms with Crippen molar-refractivity contribution in [2.45, 2.75) is 24.9 Å². The van der Waals surface area contributed by atoms with Gasteiger partial charge in [-0.05, 0) is 42.7 Å². The molecule has 0 spiro atoms. The topological polar surface area (TPSA) is 62.2 Å². The first-order valence-electron chi connectivity index (χ1n) is 9.44. The number of likely N-dealkylation sites (tertiary alicyclic amines) is 1. The van der Waals surface area contributed by atoms with Crippen molar-refractivity contribution in [3.05, 3.63) is 53.6 Å². The van der Waals surface area contributed by atoms with E-state index in [0.29, 0.717) is 17.9 Å². The summed E-state index contributed by atoms with van der Waals surface area (Å²) in [5.41, 5.74) is 3.08. The van der Waals surface area contributed by atoms with Gasteiger partial charge in [-0.25, -0.2) is 0 Å². The van der Waals surface area contributed by atoms with E-state index < -0.39 is 12.0 Å². The summed E-state index contributed by atoms with van der Waals surface area (Å²) in [6.07, 6.45) is 1.52. The summed E-state index contributed by atoms with van der Waals surface area (Å²) in [6.45, 7) is 0.728. The molecule has 6 heteroatoms. The molecule has 0 radical (unpaired) electrons. The summed E-state index contributed by atoms with van der Waals surface area (Å²) in [5.74, 6) is 0.621. The molecule has 2 atom stereocenters. The van der Waals surface area contributed by atoms with E-state index in [1.807, 2.05) is 37.2 Å². The van der Waals surface area contributed by atoms with Gasteiger partial charge in [0.15, 0.2) is 0 Å². The van der Waals surface area contributed by atoms with E-state index in [0.717, 1.165) is 29.8 Å². The van der Waals surface area contributed by atoms with Crippen molar-refractivity contribution in [3.8, 4) is 11.5 Å². The Bertz CT molecular complexity index is 820. The molecule has 0 amide bonds. The minimum absolute atomic E-state index is 0.208. The Morgan fingerprint density at radius 1 is 1.14 bits per heavy atom. The second kappa shape index (κ2) is 8.52. The zero-order chi connectivity index (χ0) is 20.3. The number of aliphatic carboxylic acids is 1. The third-order valence-corrected chi connectivity index (χ3v) is 5.37. The third kappa shape index (κ3) is 3.92. The van der Waals surface area contributed by atoms with Gasteiger partial charge >= 0.3 is 5.97 Å². The largest absolute Gasteiger partial charge is 0.497 e. The lowest BCUT2D eigenvalue weighted by Crippen LogP contribution is -2.39. The smallest absolute Gasteiger partial charge is 0.320 e. The molecule has 0 aliphatic carbocycles. The first-order valence-corrected chi connectivity index (χ1v) is 9.44. The highest BCUT2D eigenvalue weighted by Gasteiger charge is 2.38. The van der Waals surface area contributed by atoms with E-state index in [1.165, 1.54) is 0 Å². The van der Waals surface area contributed by atoms with Gasteiger partial charge in [0.25, 0.3) is 0 Å². The molecule has 0 aromatic heterocycles. The molecular formula is C22H28N2O4. The van der Waals surface area contributed by atoms with Gasteiger partial charge in [-0.15, -0.1) is 0 Å². The van der Waals surface area contributed by atoms with Crippen LogP contribution in [0.1, 0.15) is 30.0 Å². The van der Waals surface area contributed by atoms with Gasteiger partial charge in [0, 0.05) is 38.0 Å². The molecular weight excluding hydrogens is 356 g/mol. The van der Waals surface area contributed by atoms with Crippen LogP contribution in [0.15, 0.2) is 42.5 Å². The average Bonchev–Trinajstić information content (AvgIpc) is 3.18. The van der Waals surface area contributed by atoms with E-state index >= 15 is 0 Å². The summed E-state index contributed by atoms with van der Waals surface area (Å²) < 4.78 is 11.0. The van der Waals surface area contributed by atoms with Crippen LogP contribution in [0.4, 0.5) is 5.69 Å². The lowest BCUT2D eigenvalue weighted by atomic mass is 9.95. The molecule has 2 unspecified atom stereocenters. The Morgan fingerprint density at radius 2 is 1.86 bits per heavy atom. The summed E-state index contributed by atoms with van der Waals surface area (Å²) in [5, 5.41) is 9.75. The SMILES string of the molecule is COc1ccc(C(c2ccc(N(C)C)cc2)N2CCCC2C(=O)O)c(OC)c1. The van der Waals surface area contributed by atoms with E-state index in [-0.39, 0.29) is 6.04 Å². The molecule has 28 heavy (non-hydrogen) atoms. The Hall–Kier alpha value is -2.73. The highest BCUT2D eigenvalue weighted by molar-refractivity contribution is 5.74. The van der Waals surface area contributed by atoms with Crippen LogP contribution in [-0.2, 0) is 4.79 Å². The number of carboxylic acid groups (broad SMARTS) is 1. The molecule has 6 nitrogen and oxygen atoms in total. The molecule has 1 heterocycles. The molecule has 1 aliphatic rings. The minimum atomic E-state index is -0.778. The fourth-order valence-corrected chi connectivity index (χ4v) is 3.91. The fraction of sp³-hybridized carbons (Fsp3) is 0.409. The number of nitrogens with zero attached hydrogens (tertiary/aromatic N) is 2. The Kier molecular flexibility index (Phi) is 6.09. The molecule has 0 saturated carbocycles. The van der Waals surface area contributed by atoms with Gasteiger partial charge in [0.1, 0.15) is 17.5 Å². The highest BCUT2D eigenvalue weighted by Crippen LogP contribution is 2.40. The first-order chi connectivity index (χ1) is 13.5. The lowest BCUT2D eigenvalue weighted by molar-refractivity contribution is -0.142. The maximum atomic E-state index is 11.9. The van der Waals surface area contributed by atoms with E-state index in [4.69, 9.17) is 9.47 Å². The summed E-state index contributed by atoms with van der Waals surface area (Å²) in [4.78, 5) is 16.0. The monoisotopic (exact) mass is 384 g/mol. The van der Waals surface area contributed by atoms with Gasteiger partial charge in [0.05, 0.1) is 20.3 Å². The number of benzene rings is 2. The highest BCUT2D eigenvalue weighted by atomic mass is 16.5. The van der Waals surface area contributed by atoms with E-state index in [9.17, 15) is 9.90 Å². The van der Waals surface area contributed by atoms with Crippen LogP contribution in [0.2, 0.25) is 0 Å². The van der Waals surface area contributed by atoms with Gasteiger partial charge < -0.3 is 19.5 Å². The Balaban J connectivity index is 2.11. The molecule has 1 saturated heterocycles. The van der Waals surface area contributed by atoms with Crippen molar-refractivity contribution in [1.82, 2.24) is 4.90 Å². The van der Waals surface area contributed by atoms with Crippen molar-refractivity contribution in [3.63, 3.8) is 0 Å². The minimum Gasteiger partial charge on any atom is -0.497 e. The van der Waals surface area contributed by atoms with Crippen molar-refractivity contribution >= 4 is 11.7 Å². The number of carbonyl (C=O) groups is 1. The van der Waals surface area contributed by atoms with Crippen LogP contribution >= 0.6 is 0 Å². The van der Waals surface area contributed by atoms with Gasteiger partial charge in [-0.3, -0.25) is 9.69 Å². The molecule has 2 aromatic rings. The summed E-state index contributed by atoms with van der Waals surface area (Å²) in [7, 11) is 7.25. The molecule has 0 bridgehead atoms. The van der Waals surface area contributed by atoms with Crippen LogP contribution in [-0.4, -0.2) is 56.9 Å². The average molecular weight is 384 g/mol. The number of hydrogen-bond acceptors (Lipinski definition) is 5. The van der Waals surface area contributed by atoms with Gasteiger partial charge in [-0.2, -0.15) is 0 Å². The molecule has 1 fully saturated rings. The van der Waals surface area contributed by atoms with Crippen LogP contribution in [0, 0.1) is 0 Å². The lowest BCUT2D eigenvalue weighted by Gasteiger charge is -2.33. The number of anilines is 1. The number of carboxylic acids is 1. The van der Waals surface area contributed by atoms with Gasteiger partial charge in [-0.1, -0.05) is 12.1 Å². The molecule has 2 aromatic carbocycles. The van der Waals surface area contributed by atoms with E-state index in [1.54, 1.807) is 14.2 Å². The normalized spacial score (nSPS) is 17.9. The maximum absolute atomic E-state index is 11.9. The molecule has 3 rings (SSSR count).